The molecule has 2 aromatic heterocycles. The maximum atomic E-state index is 13.0. The van der Waals surface area contributed by atoms with Crippen LogP contribution in [0.1, 0.15) is 5.69 Å². The molecule has 0 saturated carbocycles. The van der Waals surface area contributed by atoms with Gasteiger partial charge in [0.15, 0.2) is 5.82 Å². The Bertz CT molecular complexity index is 617. The average Bonchev–Trinajstić information content (AvgIpc) is 2.46. The Balaban J connectivity index is 2.33. The molecule has 0 atom stereocenters. The number of rotatable bonds is 5. The summed E-state index contributed by atoms with van der Waals surface area (Å²) in [6.07, 6.45) is -1.50. The average molecular weight is 328 g/mol. The molecule has 0 spiro atoms. The molecule has 0 fully saturated rings. The van der Waals surface area contributed by atoms with Gasteiger partial charge in [-0.2, -0.15) is 13.2 Å². The summed E-state index contributed by atoms with van der Waals surface area (Å²) in [6.45, 7) is 0.751. The van der Waals surface area contributed by atoms with Crippen LogP contribution in [0.15, 0.2) is 35.6 Å². The fraction of sp³-hybridized carbons (Fsp3) is 0.357. The van der Waals surface area contributed by atoms with Gasteiger partial charge in [0, 0.05) is 36.3 Å². The maximum Gasteiger partial charge on any atom is 0.433 e. The summed E-state index contributed by atoms with van der Waals surface area (Å²) >= 11 is 1.28. The van der Waals surface area contributed by atoms with Crippen molar-refractivity contribution in [3.8, 4) is 11.4 Å². The Morgan fingerprint density at radius 2 is 1.82 bits per heavy atom. The lowest BCUT2D eigenvalue weighted by Gasteiger charge is -2.11. The first-order valence-electron chi connectivity index (χ1n) is 6.50. The molecule has 8 heteroatoms. The minimum absolute atomic E-state index is 0.0598. The Hall–Kier alpha value is -1.67. The van der Waals surface area contributed by atoms with Gasteiger partial charge in [-0.15, -0.1) is 11.8 Å². The van der Waals surface area contributed by atoms with Crippen molar-refractivity contribution in [2.45, 2.75) is 11.2 Å². The first-order valence-corrected chi connectivity index (χ1v) is 7.49. The van der Waals surface area contributed by atoms with Crippen LogP contribution in [-0.4, -0.2) is 46.2 Å². The largest absolute Gasteiger partial charge is 0.433 e. The molecule has 0 aliphatic rings. The minimum Gasteiger partial charge on any atom is -0.309 e. The third kappa shape index (κ3) is 4.67. The van der Waals surface area contributed by atoms with Crippen LogP contribution in [-0.2, 0) is 6.18 Å². The first kappa shape index (κ1) is 16.7. The van der Waals surface area contributed by atoms with Crippen LogP contribution in [0.2, 0.25) is 0 Å². The zero-order chi connectivity index (χ0) is 16.2. The van der Waals surface area contributed by atoms with Crippen molar-refractivity contribution in [2.75, 3.05) is 26.4 Å². The summed E-state index contributed by atoms with van der Waals surface area (Å²) in [5.74, 6) is 0.710. The van der Waals surface area contributed by atoms with E-state index in [2.05, 4.69) is 15.0 Å². The van der Waals surface area contributed by atoms with Crippen LogP contribution in [0.5, 0.6) is 0 Å². The molecule has 0 saturated heterocycles. The van der Waals surface area contributed by atoms with Crippen LogP contribution >= 0.6 is 11.8 Å². The highest BCUT2D eigenvalue weighted by Crippen LogP contribution is 2.31. The van der Waals surface area contributed by atoms with Crippen molar-refractivity contribution in [3.05, 3.63) is 36.3 Å². The Labute approximate surface area is 130 Å². The van der Waals surface area contributed by atoms with Gasteiger partial charge in [0.25, 0.3) is 0 Å². The van der Waals surface area contributed by atoms with Gasteiger partial charge in [-0.25, -0.2) is 9.97 Å². The fourth-order valence-corrected chi connectivity index (χ4v) is 2.62. The molecule has 118 valence electrons. The molecule has 0 bridgehead atoms. The smallest absolute Gasteiger partial charge is 0.309 e. The highest BCUT2D eigenvalue weighted by atomic mass is 32.2. The maximum absolute atomic E-state index is 13.0. The minimum atomic E-state index is -4.50. The normalized spacial score (nSPS) is 11.9. The third-order valence-corrected chi connectivity index (χ3v) is 3.61. The molecule has 0 aliphatic heterocycles. The predicted octanol–water partition coefficient (Wildman–Crippen LogP) is 3.21. The SMILES string of the molecule is CN(C)CCSc1cc(C(F)(F)F)nc(-c2ccncc2)n1. The molecular weight excluding hydrogens is 313 g/mol. The molecule has 4 nitrogen and oxygen atoms in total. The number of alkyl halides is 3. The van der Waals surface area contributed by atoms with E-state index in [0.717, 1.165) is 12.6 Å². The molecule has 2 heterocycles. The lowest BCUT2D eigenvalue weighted by molar-refractivity contribution is -0.141. The molecule has 22 heavy (non-hydrogen) atoms. The van der Waals surface area contributed by atoms with Gasteiger partial charge in [0.05, 0.1) is 0 Å². The van der Waals surface area contributed by atoms with Gasteiger partial charge in [-0.05, 0) is 26.2 Å². The second kappa shape index (κ2) is 7.06. The van der Waals surface area contributed by atoms with E-state index in [4.69, 9.17) is 0 Å². The van der Waals surface area contributed by atoms with E-state index in [1.54, 1.807) is 12.1 Å². The van der Waals surface area contributed by atoms with E-state index in [1.807, 2.05) is 19.0 Å². The molecule has 0 radical (unpaired) electrons. The number of aromatic nitrogens is 3. The number of thioether (sulfide) groups is 1. The van der Waals surface area contributed by atoms with Crippen LogP contribution < -0.4 is 0 Å². The van der Waals surface area contributed by atoms with E-state index < -0.39 is 11.9 Å². The van der Waals surface area contributed by atoms with E-state index in [9.17, 15) is 13.2 Å². The lowest BCUT2D eigenvalue weighted by Crippen LogP contribution is -2.15. The van der Waals surface area contributed by atoms with Gasteiger partial charge < -0.3 is 4.90 Å². The van der Waals surface area contributed by atoms with E-state index in [1.165, 1.54) is 24.2 Å². The Kier molecular flexibility index (Phi) is 5.36. The topological polar surface area (TPSA) is 41.9 Å². The number of halogens is 3. The van der Waals surface area contributed by atoms with Crippen molar-refractivity contribution in [1.82, 2.24) is 19.9 Å². The summed E-state index contributed by atoms with van der Waals surface area (Å²) in [4.78, 5) is 13.7. The lowest BCUT2D eigenvalue weighted by atomic mass is 10.2. The molecule has 0 amide bonds. The van der Waals surface area contributed by atoms with Crippen LogP contribution in [0.3, 0.4) is 0 Å². The zero-order valence-corrected chi connectivity index (χ0v) is 12.9. The summed E-state index contributed by atoms with van der Waals surface area (Å²) in [7, 11) is 3.81. The quantitative estimate of drug-likeness (QED) is 0.623. The van der Waals surface area contributed by atoms with Crippen molar-refractivity contribution < 1.29 is 13.2 Å². The molecule has 0 N–H and O–H groups in total. The second-order valence-electron chi connectivity index (χ2n) is 4.80. The van der Waals surface area contributed by atoms with Crippen LogP contribution in [0.25, 0.3) is 11.4 Å². The van der Waals surface area contributed by atoms with Crippen LogP contribution in [0.4, 0.5) is 13.2 Å². The third-order valence-electron chi connectivity index (χ3n) is 2.72. The van der Waals surface area contributed by atoms with Gasteiger partial charge in [0.2, 0.25) is 0 Å². The highest BCUT2D eigenvalue weighted by Gasteiger charge is 2.33. The van der Waals surface area contributed by atoms with Crippen molar-refractivity contribution >= 4 is 11.8 Å². The summed E-state index contributed by atoms with van der Waals surface area (Å²) < 4.78 is 39.0. The second-order valence-corrected chi connectivity index (χ2v) is 5.92. The molecule has 2 rings (SSSR count). The Morgan fingerprint density at radius 3 is 2.41 bits per heavy atom. The molecule has 0 aliphatic carbocycles. The van der Waals surface area contributed by atoms with Crippen molar-refractivity contribution in [2.24, 2.45) is 0 Å². The number of hydrogen-bond donors (Lipinski definition) is 0. The molecule has 0 unspecified atom stereocenters. The van der Waals surface area contributed by atoms with Gasteiger partial charge in [-0.1, -0.05) is 0 Å². The van der Waals surface area contributed by atoms with Gasteiger partial charge >= 0.3 is 6.18 Å². The van der Waals surface area contributed by atoms with Crippen molar-refractivity contribution in [1.29, 1.82) is 0 Å². The highest BCUT2D eigenvalue weighted by molar-refractivity contribution is 7.99. The van der Waals surface area contributed by atoms with E-state index in [0.29, 0.717) is 16.3 Å². The summed E-state index contributed by atoms with van der Waals surface area (Å²) in [6, 6.07) is 4.17. The Morgan fingerprint density at radius 1 is 1.14 bits per heavy atom. The van der Waals surface area contributed by atoms with E-state index in [-0.39, 0.29) is 5.82 Å². The number of hydrogen-bond acceptors (Lipinski definition) is 5. The van der Waals surface area contributed by atoms with E-state index >= 15 is 0 Å². The van der Waals surface area contributed by atoms with Crippen LogP contribution in [0, 0.1) is 0 Å². The molecular formula is C14H15F3N4S. The summed E-state index contributed by atoms with van der Waals surface area (Å²) in [5.41, 5.74) is -0.419. The fourth-order valence-electron chi connectivity index (χ4n) is 1.61. The van der Waals surface area contributed by atoms with Crippen molar-refractivity contribution in [3.63, 3.8) is 0 Å². The van der Waals surface area contributed by atoms with Gasteiger partial charge in [0.1, 0.15) is 10.7 Å². The molecule has 0 aromatic carbocycles. The monoisotopic (exact) mass is 328 g/mol. The molecule has 2 aromatic rings. The predicted molar refractivity (Wildman–Crippen MR) is 79.5 cm³/mol. The zero-order valence-electron chi connectivity index (χ0n) is 12.1. The first-order chi connectivity index (χ1) is 10.4. The summed E-state index contributed by atoms with van der Waals surface area (Å²) in [5, 5.41) is 0.316. The standard InChI is InChI=1S/C14H15F3N4S/c1-21(2)7-8-22-12-9-11(14(15,16)17)19-13(20-12)10-3-5-18-6-4-10/h3-6,9H,7-8H2,1-2H3. The number of pyridine rings is 1. The number of nitrogens with zero attached hydrogens (tertiary/aromatic N) is 4. The van der Waals surface area contributed by atoms with Gasteiger partial charge in [-0.3, -0.25) is 4.98 Å².